The van der Waals surface area contributed by atoms with Gasteiger partial charge in [0.25, 0.3) is 10.0 Å². The molecule has 1 aliphatic rings. The van der Waals surface area contributed by atoms with E-state index in [1.54, 1.807) is 30.3 Å². The standard InChI is InChI=1S/C20H15ClN2O2S/c21-18-12-6-4-10-16(18)14-23-22-20(15-8-2-1-3-9-15)17-11-5-7-13-19(17)26(23,24)25/h1-13H,14H2. The maximum Gasteiger partial charge on any atom is 0.280 e. The van der Waals surface area contributed by atoms with Gasteiger partial charge in [-0.1, -0.05) is 78.3 Å². The zero-order valence-corrected chi connectivity index (χ0v) is 15.3. The Bertz CT molecular complexity index is 1100. The fourth-order valence-electron chi connectivity index (χ4n) is 2.92. The van der Waals surface area contributed by atoms with Crippen LogP contribution in [0.25, 0.3) is 0 Å². The summed E-state index contributed by atoms with van der Waals surface area (Å²) in [6, 6.07) is 23.7. The van der Waals surface area contributed by atoms with E-state index in [0.717, 1.165) is 9.98 Å². The molecule has 1 heterocycles. The summed E-state index contributed by atoms with van der Waals surface area (Å²) in [7, 11) is -3.75. The molecule has 0 atom stereocenters. The monoisotopic (exact) mass is 382 g/mol. The molecular formula is C20H15ClN2O2S. The third-order valence-corrected chi connectivity index (χ3v) is 6.27. The SMILES string of the molecule is O=S1(=O)c2ccccc2C(c2ccccc2)=NN1Cc1ccccc1Cl. The summed E-state index contributed by atoms with van der Waals surface area (Å²) in [4.78, 5) is 0.251. The van der Waals surface area contributed by atoms with E-state index in [1.165, 1.54) is 0 Å². The second-order valence-electron chi connectivity index (χ2n) is 5.89. The van der Waals surface area contributed by atoms with Gasteiger partial charge < -0.3 is 0 Å². The molecule has 0 spiro atoms. The van der Waals surface area contributed by atoms with Gasteiger partial charge in [-0.3, -0.25) is 0 Å². The molecule has 6 heteroatoms. The molecule has 0 aromatic heterocycles. The largest absolute Gasteiger partial charge is 0.280 e. The minimum atomic E-state index is -3.75. The van der Waals surface area contributed by atoms with Gasteiger partial charge in [-0.25, -0.2) is 0 Å². The first-order valence-corrected chi connectivity index (χ1v) is 9.89. The van der Waals surface area contributed by atoms with Crippen molar-refractivity contribution >= 4 is 27.3 Å². The molecular weight excluding hydrogens is 368 g/mol. The molecule has 4 rings (SSSR count). The first-order chi connectivity index (χ1) is 12.6. The van der Waals surface area contributed by atoms with Gasteiger partial charge in [-0.15, -0.1) is 0 Å². The number of hydrazone groups is 1. The van der Waals surface area contributed by atoms with E-state index >= 15 is 0 Å². The van der Waals surface area contributed by atoms with Gasteiger partial charge in [0.1, 0.15) is 5.71 Å². The van der Waals surface area contributed by atoms with E-state index in [2.05, 4.69) is 5.10 Å². The fraction of sp³-hybridized carbons (Fsp3) is 0.0500. The zero-order chi connectivity index (χ0) is 18.1. The quantitative estimate of drug-likeness (QED) is 0.678. The lowest BCUT2D eigenvalue weighted by Gasteiger charge is -2.27. The summed E-state index contributed by atoms with van der Waals surface area (Å²) in [5.41, 5.74) is 2.80. The van der Waals surface area contributed by atoms with Gasteiger partial charge in [0.2, 0.25) is 0 Å². The Morgan fingerprint density at radius 1 is 0.846 bits per heavy atom. The highest BCUT2D eigenvalue weighted by molar-refractivity contribution is 7.89. The lowest BCUT2D eigenvalue weighted by Crippen LogP contribution is -2.33. The highest BCUT2D eigenvalue weighted by atomic mass is 35.5. The second-order valence-corrected chi connectivity index (χ2v) is 8.11. The van der Waals surface area contributed by atoms with Crippen LogP contribution in [0.15, 0.2) is 88.9 Å². The van der Waals surface area contributed by atoms with Gasteiger partial charge in [0.15, 0.2) is 0 Å². The number of rotatable bonds is 3. The van der Waals surface area contributed by atoms with Crippen molar-refractivity contribution in [2.75, 3.05) is 0 Å². The average Bonchev–Trinajstić information content (AvgIpc) is 2.66. The van der Waals surface area contributed by atoms with Crippen molar-refractivity contribution in [3.8, 4) is 0 Å². The Labute approximate surface area is 157 Å². The van der Waals surface area contributed by atoms with Crippen LogP contribution in [0.1, 0.15) is 16.7 Å². The molecule has 0 N–H and O–H groups in total. The predicted molar refractivity (Wildman–Crippen MR) is 103 cm³/mol. The van der Waals surface area contributed by atoms with E-state index in [1.807, 2.05) is 48.5 Å². The number of halogens is 1. The molecule has 0 radical (unpaired) electrons. The van der Waals surface area contributed by atoms with E-state index < -0.39 is 10.0 Å². The Morgan fingerprint density at radius 2 is 1.50 bits per heavy atom. The maximum absolute atomic E-state index is 13.1. The number of hydrogen-bond acceptors (Lipinski definition) is 3. The molecule has 0 unspecified atom stereocenters. The van der Waals surface area contributed by atoms with Crippen LogP contribution in [-0.2, 0) is 16.6 Å². The van der Waals surface area contributed by atoms with Crippen molar-refractivity contribution in [1.82, 2.24) is 4.41 Å². The maximum atomic E-state index is 13.1. The molecule has 130 valence electrons. The van der Waals surface area contributed by atoms with Crippen molar-refractivity contribution in [2.24, 2.45) is 5.10 Å². The Morgan fingerprint density at radius 3 is 2.27 bits per heavy atom. The topological polar surface area (TPSA) is 49.7 Å². The molecule has 0 saturated heterocycles. The van der Waals surface area contributed by atoms with Crippen LogP contribution in [-0.4, -0.2) is 18.5 Å². The van der Waals surface area contributed by atoms with Crippen molar-refractivity contribution in [3.63, 3.8) is 0 Å². The summed E-state index contributed by atoms with van der Waals surface area (Å²) in [5.74, 6) is 0. The summed E-state index contributed by atoms with van der Waals surface area (Å²) in [6.45, 7) is 0.0761. The number of hydrogen-bond donors (Lipinski definition) is 0. The molecule has 3 aromatic carbocycles. The second kappa shape index (κ2) is 6.59. The molecule has 4 nitrogen and oxygen atoms in total. The van der Waals surface area contributed by atoms with Gasteiger partial charge >= 0.3 is 0 Å². The van der Waals surface area contributed by atoms with Gasteiger partial charge in [0, 0.05) is 16.1 Å². The van der Waals surface area contributed by atoms with Gasteiger partial charge in [-0.05, 0) is 17.7 Å². The normalized spacial score (nSPS) is 15.3. The Balaban J connectivity index is 1.88. The van der Waals surface area contributed by atoms with Crippen molar-refractivity contribution in [1.29, 1.82) is 0 Å². The third kappa shape index (κ3) is 2.89. The van der Waals surface area contributed by atoms with Crippen molar-refractivity contribution in [3.05, 3.63) is 101 Å². The molecule has 0 amide bonds. The summed E-state index contributed by atoms with van der Waals surface area (Å²) < 4.78 is 27.3. The molecule has 0 bridgehead atoms. The van der Waals surface area contributed by atoms with E-state index in [4.69, 9.17) is 11.6 Å². The summed E-state index contributed by atoms with van der Waals surface area (Å²) >= 11 is 6.22. The van der Waals surface area contributed by atoms with E-state index in [-0.39, 0.29) is 11.4 Å². The Kier molecular flexibility index (Phi) is 4.26. The summed E-state index contributed by atoms with van der Waals surface area (Å²) in [6.07, 6.45) is 0. The number of sulfonamides is 1. The molecule has 26 heavy (non-hydrogen) atoms. The highest BCUT2D eigenvalue weighted by Gasteiger charge is 2.33. The highest BCUT2D eigenvalue weighted by Crippen LogP contribution is 2.31. The lowest BCUT2D eigenvalue weighted by atomic mass is 10.0. The van der Waals surface area contributed by atoms with E-state index in [9.17, 15) is 8.42 Å². The molecule has 0 fully saturated rings. The van der Waals surface area contributed by atoms with Crippen molar-refractivity contribution < 1.29 is 8.42 Å². The third-order valence-electron chi connectivity index (χ3n) is 4.22. The van der Waals surface area contributed by atoms with Crippen LogP contribution >= 0.6 is 11.6 Å². The van der Waals surface area contributed by atoms with Crippen LogP contribution in [0.5, 0.6) is 0 Å². The smallest absolute Gasteiger partial charge is 0.200 e. The molecule has 1 aliphatic heterocycles. The number of benzene rings is 3. The van der Waals surface area contributed by atoms with Crippen LogP contribution in [0, 0.1) is 0 Å². The van der Waals surface area contributed by atoms with Crippen LogP contribution in [0.4, 0.5) is 0 Å². The zero-order valence-electron chi connectivity index (χ0n) is 13.7. The first kappa shape index (κ1) is 16.8. The average molecular weight is 383 g/mol. The summed E-state index contributed by atoms with van der Waals surface area (Å²) in [5, 5.41) is 5.00. The fourth-order valence-corrected chi connectivity index (χ4v) is 4.54. The Hall–Kier alpha value is -2.63. The number of nitrogens with zero attached hydrogens (tertiary/aromatic N) is 2. The van der Waals surface area contributed by atoms with Crippen LogP contribution < -0.4 is 0 Å². The molecule has 3 aromatic rings. The number of fused-ring (bicyclic) bond motifs is 1. The lowest BCUT2D eigenvalue weighted by molar-refractivity contribution is 0.422. The predicted octanol–water partition coefficient (Wildman–Crippen LogP) is 4.30. The van der Waals surface area contributed by atoms with Gasteiger partial charge in [0.05, 0.1) is 11.4 Å². The van der Waals surface area contributed by atoms with Crippen LogP contribution in [0.3, 0.4) is 0 Å². The van der Waals surface area contributed by atoms with Crippen molar-refractivity contribution in [2.45, 2.75) is 11.4 Å². The van der Waals surface area contributed by atoms with Crippen LogP contribution in [0.2, 0.25) is 5.02 Å². The molecule has 0 saturated carbocycles. The minimum absolute atomic E-state index is 0.0761. The van der Waals surface area contributed by atoms with E-state index in [0.29, 0.717) is 21.9 Å². The minimum Gasteiger partial charge on any atom is -0.200 e. The van der Waals surface area contributed by atoms with Gasteiger partial charge in [-0.2, -0.15) is 17.9 Å². The first-order valence-electron chi connectivity index (χ1n) is 8.07. The molecule has 0 aliphatic carbocycles.